The van der Waals surface area contributed by atoms with E-state index in [-0.39, 0.29) is 11.6 Å². The Kier molecular flexibility index (Phi) is 6.74. The van der Waals surface area contributed by atoms with E-state index >= 15 is 0 Å². The Bertz CT molecular complexity index is 1090. The maximum Gasteiger partial charge on any atom is 0.416 e. The Labute approximate surface area is 188 Å². The monoisotopic (exact) mass is 458 g/mol. The average molecular weight is 458 g/mol. The average Bonchev–Trinajstić information content (AvgIpc) is 2.80. The number of nitrogens with zero attached hydrogens (tertiary/aromatic N) is 4. The quantitative estimate of drug-likeness (QED) is 0.557. The summed E-state index contributed by atoms with van der Waals surface area (Å²) in [6.07, 6.45) is -0.569. The number of alkyl halides is 3. The van der Waals surface area contributed by atoms with Crippen LogP contribution in [0, 0.1) is 0 Å². The first-order valence-electron chi connectivity index (χ1n) is 10.3. The third kappa shape index (κ3) is 6.19. The van der Waals surface area contributed by atoms with E-state index in [9.17, 15) is 18.0 Å². The number of carbonyl (C=O) groups excluding carboxylic acids is 1. The van der Waals surface area contributed by atoms with Crippen molar-refractivity contribution in [3.63, 3.8) is 0 Å². The molecular formula is C23H21F3N4O3. The minimum absolute atomic E-state index is 0.122. The van der Waals surface area contributed by atoms with Gasteiger partial charge in [-0.1, -0.05) is 18.2 Å². The van der Waals surface area contributed by atoms with Gasteiger partial charge >= 0.3 is 12.3 Å². The van der Waals surface area contributed by atoms with E-state index in [2.05, 4.69) is 14.9 Å². The number of carbonyl (C=O) groups is 1. The number of amides is 1. The van der Waals surface area contributed by atoms with Crippen LogP contribution in [0.3, 0.4) is 0 Å². The number of hydrogen-bond donors (Lipinski definition) is 0. The maximum absolute atomic E-state index is 12.9. The summed E-state index contributed by atoms with van der Waals surface area (Å²) in [4.78, 5) is 23.8. The molecule has 10 heteroatoms. The predicted octanol–water partition coefficient (Wildman–Crippen LogP) is 4.60. The fourth-order valence-corrected chi connectivity index (χ4v) is 3.42. The topological polar surface area (TPSA) is 67.8 Å². The van der Waals surface area contributed by atoms with E-state index in [0.717, 1.165) is 17.7 Å². The van der Waals surface area contributed by atoms with Gasteiger partial charge in [-0.15, -0.1) is 0 Å². The van der Waals surface area contributed by atoms with Gasteiger partial charge in [-0.2, -0.15) is 13.2 Å². The molecule has 7 nitrogen and oxygen atoms in total. The van der Waals surface area contributed by atoms with E-state index in [4.69, 9.17) is 9.47 Å². The molecule has 0 saturated carbocycles. The lowest BCUT2D eigenvalue weighted by molar-refractivity contribution is -0.137. The first kappa shape index (κ1) is 22.5. The standard InChI is InChI=1S/C23H21F3N4O3/c24-23(25,26)18-4-2-6-20(14-18)32-19-5-1-3-17(13-19)16-29-9-11-30(12-10-29)22(31)33-21-15-27-7-8-28-21/h1-8,13-15H,9-12,16H2. The van der Waals surface area contributed by atoms with Gasteiger partial charge in [-0.3, -0.25) is 9.88 Å². The van der Waals surface area contributed by atoms with Gasteiger partial charge in [0.25, 0.3) is 0 Å². The SMILES string of the molecule is O=C(Oc1cnccn1)N1CCN(Cc2cccc(Oc3cccc(C(F)(F)F)c3)c2)CC1. The minimum Gasteiger partial charge on any atom is -0.457 e. The highest BCUT2D eigenvalue weighted by molar-refractivity contribution is 5.70. The summed E-state index contributed by atoms with van der Waals surface area (Å²) < 4.78 is 49.6. The van der Waals surface area contributed by atoms with Gasteiger partial charge < -0.3 is 14.4 Å². The van der Waals surface area contributed by atoms with Crippen molar-refractivity contribution in [3.8, 4) is 17.4 Å². The highest BCUT2D eigenvalue weighted by atomic mass is 19.4. The number of rotatable bonds is 5. The molecule has 0 bridgehead atoms. The van der Waals surface area contributed by atoms with E-state index in [1.54, 1.807) is 23.1 Å². The summed E-state index contributed by atoms with van der Waals surface area (Å²) in [5.74, 6) is 0.734. The van der Waals surface area contributed by atoms with Crippen LogP contribution >= 0.6 is 0 Å². The molecule has 1 aliphatic heterocycles. The number of hydrogen-bond acceptors (Lipinski definition) is 6. The van der Waals surface area contributed by atoms with Crippen molar-refractivity contribution in [1.29, 1.82) is 0 Å². The van der Waals surface area contributed by atoms with E-state index in [1.807, 2.05) is 6.07 Å². The minimum atomic E-state index is -4.43. The van der Waals surface area contributed by atoms with Crippen molar-refractivity contribution in [2.75, 3.05) is 26.2 Å². The van der Waals surface area contributed by atoms with E-state index < -0.39 is 17.8 Å². The zero-order valence-electron chi connectivity index (χ0n) is 17.5. The number of aromatic nitrogens is 2. The first-order chi connectivity index (χ1) is 15.9. The summed E-state index contributed by atoms with van der Waals surface area (Å²) in [7, 11) is 0. The summed E-state index contributed by atoms with van der Waals surface area (Å²) in [6, 6.07) is 12.0. The largest absolute Gasteiger partial charge is 0.457 e. The lowest BCUT2D eigenvalue weighted by atomic mass is 10.2. The molecule has 0 radical (unpaired) electrons. The van der Waals surface area contributed by atoms with Gasteiger partial charge in [0.05, 0.1) is 11.8 Å². The molecule has 0 unspecified atom stereocenters. The van der Waals surface area contributed by atoms with Crippen molar-refractivity contribution >= 4 is 6.09 Å². The molecule has 3 aromatic rings. The summed E-state index contributed by atoms with van der Waals surface area (Å²) in [5.41, 5.74) is 0.196. The lowest BCUT2D eigenvalue weighted by Crippen LogP contribution is -2.49. The third-order valence-electron chi connectivity index (χ3n) is 5.06. The fraction of sp³-hybridized carbons (Fsp3) is 0.261. The zero-order valence-corrected chi connectivity index (χ0v) is 17.5. The third-order valence-corrected chi connectivity index (χ3v) is 5.06. The molecule has 1 aromatic heterocycles. The molecule has 2 aromatic carbocycles. The van der Waals surface area contributed by atoms with Crippen LogP contribution in [-0.4, -0.2) is 52.0 Å². The number of halogens is 3. The van der Waals surface area contributed by atoms with Crippen molar-refractivity contribution in [1.82, 2.24) is 19.8 Å². The Morgan fingerprint density at radius 1 is 0.970 bits per heavy atom. The second kappa shape index (κ2) is 9.86. The Morgan fingerprint density at radius 2 is 1.70 bits per heavy atom. The van der Waals surface area contributed by atoms with Crippen LogP contribution in [-0.2, 0) is 12.7 Å². The summed E-state index contributed by atoms with van der Waals surface area (Å²) in [5, 5.41) is 0. The van der Waals surface area contributed by atoms with Crippen molar-refractivity contribution in [2.45, 2.75) is 12.7 Å². The molecule has 33 heavy (non-hydrogen) atoms. The second-order valence-electron chi connectivity index (χ2n) is 7.45. The van der Waals surface area contributed by atoms with Crippen molar-refractivity contribution in [2.24, 2.45) is 0 Å². The van der Waals surface area contributed by atoms with Crippen LogP contribution in [0.2, 0.25) is 0 Å². The van der Waals surface area contributed by atoms with Crippen LogP contribution in [0.5, 0.6) is 17.4 Å². The summed E-state index contributed by atoms with van der Waals surface area (Å²) >= 11 is 0. The molecule has 0 aliphatic carbocycles. The van der Waals surface area contributed by atoms with Gasteiger partial charge in [-0.25, -0.2) is 9.78 Å². The maximum atomic E-state index is 12.9. The molecule has 0 spiro atoms. The summed E-state index contributed by atoms with van der Waals surface area (Å²) in [6.45, 7) is 2.91. The molecule has 1 aliphatic rings. The zero-order chi connectivity index (χ0) is 23.3. The molecule has 2 heterocycles. The molecule has 172 valence electrons. The molecular weight excluding hydrogens is 437 g/mol. The van der Waals surface area contributed by atoms with E-state index in [0.29, 0.717) is 38.5 Å². The van der Waals surface area contributed by atoms with Crippen LogP contribution in [0.25, 0.3) is 0 Å². The predicted molar refractivity (Wildman–Crippen MR) is 113 cm³/mol. The molecule has 4 rings (SSSR count). The Hall–Kier alpha value is -3.66. The smallest absolute Gasteiger partial charge is 0.416 e. The number of ether oxygens (including phenoxy) is 2. The normalized spacial score (nSPS) is 14.7. The molecule has 0 N–H and O–H groups in total. The highest BCUT2D eigenvalue weighted by Crippen LogP contribution is 2.32. The first-order valence-corrected chi connectivity index (χ1v) is 10.3. The van der Waals surface area contributed by atoms with Crippen LogP contribution in [0.1, 0.15) is 11.1 Å². The van der Waals surface area contributed by atoms with Gasteiger partial charge in [0, 0.05) is 45.1 Å². The molecule has 1 amide bonds. The molecule has 0 atom stereocenters. The highest BCUT2D eigenvalue weighted by Gasteiger charge is 2.30. The van der Waals surface area contributed by atoms with Gasteiger partial charge in [0.1, 0.15) is 11.5 Å². The van der Waals surface area contributed by atoms with Crippen LogP contribution in [0.15, 0.2) is 67.1 Å². The van der Waals surface area contributed by atoms with Crippen LogP contribution in [0.4, 0.5) is 18.0 Å². The van der Waals surface area contributed by atoms with E-state index in [1.165, 1.54) is 30.7 Å². The Morgan fingerprint density at radius 3 is 2.39 bits per heavy atom. The van der Waals surface area contributed by atoms with Gasteiger partial charge in [-0.05, 0) is 35.9 Å². The van der Waals surface area contributed by atoms with Crippen LogP contribution < -0.4 is 9.47 Å². The van der Waals surface area contributed by atoms with Crippen molar-refractivity contribution in [3.05, 3.63) is 78.2 Å². The molecule has 1 saturated heterocycles. The second-order valence-corrected chi connectivity index (χ2v) is 7.45. The lowest BCUT2D eigenvalue weighted by Gasteiger charge is -2.33. The fourth-order valence-electron chi connectivity index (χ4n) is 3.42. The number of benzene rings is 2. The Balaban J connectivity index is 1.31. The molecule has 1 fully saturated rings. The van der Waals surface area contributed by atoms with Gasteiger partial charge in [0.2, 0.25) is 5.88 Å². The van der Waals surface area contributed by atoms with Gasteiger partial charge in [0.15, 0.2) is 0 Å². The number of piperazine rings is 1. The van der Waals surface area contributed by atoms with Crippen molar-refractivity contribution < 1.29 is 27.4 Å².